The molecule has 1 amide bonds. The van der Waals surface area contributed by atoms with Crippen molar-refractivity contribution in [1.29, 1.82) is 0 Å². The summed E-state index contributed by atoms with van der Waals surface area (Å²) in [7, 11) is -3.65. The average molecular weight is 445 g/mol. The first-order valence-electron chi connectivity index (χ1n) is 10.7. The summed E-state index contributed by atoms with van der Waals surface area (Å²) in [5, 5.41) is 3.08. The fourth-order valence-corrected chi connectivity index (χ4v) is 5.46. The van der Waals surface area contributed by atoms with Crippen molar-refractivity contribution in [3.63, 3.8) is 0 Å². The molecule has 0 bridgehead atoms. The number of anilines is 1. The predicted molar refractivity (Wildman–Crippen MR) is 124 cm³/mol. The molecule has 0 unspecified atom stereocenters. The van der Waals surface area contributed by atoms with Gasteiger partial charge in [-0.1, -0.05) is 55.0 Å². The molecule has 168 valence electrons. The Morgan fingerprint density at radius 3 is 2.26 bits per heavy atom. The van der Waals surface area contributed by atoms with Crippen molar-refractivity contribution < 1.29 is 17.9 Å². The van der Waals surface area contributed by atoms with E-state index in [0.29, 0.717) is 31.9 Å². The standard InChI is InChI=1S/C24H32N2O4S/c1-4-22(26(31(3,28)29)21-12-10-19(2)11-13-21)23(27)25-18-24(14-16-30-17-15-24)20-8-6-5-7-9-20/h5-13,22H,4,14-18H2,1-3H3,(H,25,27)/t22-/m0/s1. The molecule has 2 aromatic rings. The van der Waals surface area contributed by atoms with Gasteiger partial charge in [-0.15, -0.1) is 0 Å². The SMILES string of the molecule is CC[C@@H](C(=O)NCC1(c2ccccc2)CCOCC1)N(c1ccc(C)cc1)S(C)(=O)=O. The van der Waals surface area contributed by atoms with Crippen molar-refractivity contribution in [3.8, 4) is 0 Å². The van der Waals surface area contributed by atoms with Crippen LogP contribution >= 0.6 is 0 Å². The molecule has 1 aliphatic heterocycles. The number of ether oxygens (including phenoxy) is 1. The molecule has 2 aromatic carbocycles. The topological polar surface area (TPSA) is 75.7 Å². The molecule has 1 saturated heterocycles. The molecule has 1 fully saturated rings. The normalized spacial score (nSPS) is 17.0. The zero-order valence-corrected chi connectivity index (χ0v) is 19.3. The van der Waals surface area contributed by atoms with Crippen molar-refractivity contribution in [3.05, 3.63) is 65.7 Å². The molecule has 1 heterocycles. The second kappa shape index (κ2) is 9.83. The predicted octanol–water partition coefficient (Wildman–Crippen LogP) is 3.40. The zero-order chi connectivity index (χ0) is 22.5. The third-order valence-electron chi connectivity index (χ3n) is 6.06. The Kier molecular flexibility index (Phi) is 7.38. The molecule has 31 heavy (non-hydrogen) atoms. The molecule has 3 rings (SSSR count). The summed E-state index contributed by atoms with van der Waals surface area (Å²) in [5.74, 6) is -0.282. The highest BCUT2D eigenvalue weighted by Crippen LogP contribution is 2.34. The third kappa shape index (κ3) is 5.46. The lowest BCUT2D eigenvalue weighted by Gasteiger charge is -2.39. The molecule has 0 radical (unpaired) electrons. The van der Waals surface area contributed by atoms with Crippen molar-refractivity contribution in [2.75, 3.05) is 30.3 Å². The summed E-state index contributed by atoms with van der Waals surface area (Å²) in [6.45, 7) is 5.50. The first-order valence-corrected chi connectivity index (χ1v) is 12.6. The summed E-state index contributed by atoms with van der Waals surface area (Å²) in [6, 6.07) is 16.5. The largest absolute Gasteiger partial charge is 0.381 e. The number of nitrogens with one attached hydrogen (secondary N) is 1. The van der Waals surface area contributed by atoms with Crippen LogP contribution in [0.1, 0.15) is 37.3 Å². The first kappa shape index (κ1) is 23.3. The monoisotopic (exact) mass is 444 g/mol. The third-order valence-corrected chi connectivity index (χ3v) is 7.24. The van der Waals surface area contributed by atoms with Crippen LogP contribution < -0.4 is 9.62 Å². The summed E-state index contributed by atoms with van der Waals surface area (Å²) in [6.07, 6.45) is 3.13. The summed E-state index contributed by atoms with van der Waals surface area (Å²) in [5.41, 5.74) is 2.48. The van der Waals surface area contributed by atoms with Gasteiger partial charge in [0.25, 0.3) is 0 Å². The highest BCUT2D eigenvalue weighted by Gasteiger charge is 2.37. The Morgan fingerprint density at radius 1 is 1.10 bits per heavy atom. The van der Waals surface area contributed by atoms with E-state index in [9.17, 15) is 13.2 Å². The Bertz CT molecular complexity index is 968. The minimum atomic E-state index is -3.65. The van der Waals surface area contributed by atoms with Crippen molar-refractivity contribution in [1.82, 2.24) is 5.32 Å². The highest BCUT2D eigenvalue weighted by molar-refractivity contribution is 7.92. The first-order chi connectivity index (χ1) is 14.8. The van der Waals surface area contributed by atoms with Gasteiger partial charge in [0.2, 0.25) is 15.9 Å². The van der Waals surface area contributed by atoms with Gasteiger partial charge in [0, 0.05) is 25.2 Å². The smallest absolute Gasteiger partial charge is 0.243 e. The van der Waals surface area contributed by atoms with Gasteiger partial charge >= 0.3 is 0 Å². The van der Waals surface area contributed by atoms with Crippen LogP contribution in [-0.4, -0.2) is 46.4 Å². The second-order valence-corrected chi connectivity index (χ2v) is 10.2. The van der Waals surface area contributed by atoms with Crippen LogP contribution in [0.5, 0.6) is 0 Å². The van der Waals surface area contributed by atoms with E-state index in [2.05, 4.69) is 17.4 Å². The maximum absolute atomic E-state index is 13.3. The molecule has 1 aliphatic rings. The minimum Gasteiger partial charge on any atom is -0.381 e. The maximum atomic E-state index is 13.3. The number of benzene rings is 2. The van der Waals surface area contributed by atoms with E-state index < -0.39 is 16.1 Å². The van der Waals surface area contributed by atoms with Gasteiger partial charge in [-0.25, -0.2) is 8.42 Å². The molecular weight excluding hydrogens is 412 g/mol. The van der Waals surface area contributed by atoms with Gasteiger partial charge < -0.3 is 10.1 Å². The number of amides is 1. The van der Waals surface area contributed by atoms with E-state index in [4.69, 9.17) is 4.74 Å². The van der Waals surface area contributed by atoms with Crippen LogP contribution in [-0.2, 0) is 25.0 Å². The van der Waals surface area contributed by atoms with E-state index in [0.717, 1.165) is 24.7 Å². The number of aryl methyl sites for hydroxylation is 1. The molecule has 0 spiro atoms. The van der Waals surface area contributed by atoms with Crippen LogP contribution in [0.15, 0.2) is 54.6 Å². The highest BCUT2D eigenvalue weighted by atomic mass is 32.2. The van der Waals surface area contributed by atoms with Crippen LogP contribution in [0.4, 0.5) is 5.69 Å². The number of carbonyl (C=O) groups excluding carboxylic acids is 1. The molecule has 0 saturated carbocycles. The fourth-order valence-electron chi connectivity index (χ4n) is 4.25. The van der Waals surface area contributed by atoms with Crippen LogP contribution in [0.2, 0.25) is 0 Å². The number of hydrogen-bond acceptors (Lipinski definition) is 4. The number of rotatable bonds is 8. The molecule has 7 heteroatoms. The molecule has 0 aliphatic carbocycles. The molecule has 1 N–H and O–H groups in total. The number of sulfonamides is 1. The quantitative estimate of drug-likeness (QED) is 0.677. The molecule has 0 aromatic heterocycles. The van der Waals surface area contributed by atoms with Gasteiger partial charge in [0.15, 0.2) is 0 Å². The number of hydrogen-bond donors (Lipinski definition) is 1. The maximum Gasteiger partial charge on any atom is 0.243 e. The lowest BCUT2D eigenvalue weighted by molar-refractivity contribution is -0.122. The Morgan fingerprint density at radius 2 is 1.71 bits per heavy atom. The van der Waals surface area contributed by atoms with Gasteiger partial charge in [-0.3, -0.25) is 9.10 Å². The zero-order valence-electron chi connectivity index (χ0n) is 18.5. The Hall–Kier alpha value is -2.38. The Labute approximate surface area is 185 Å². The summed E-state index contributed by atoms with van der Waals surface area (Å²) < 4.78 is 32.1. The van der Waals surface area contributed by atoms with Gasteiger partial charge in [-0.2, -0.15) is 0 Å². The van der Waals surface area contributed by atoms with Gasteiger partial charge in [0.05, 0.1) is 11.9 Å². The number of carbonyl (C=O) groups is 1. The van der Waals surface area contributed by atoms with E-state index in [1.165, 1.54) is 9.87 Å². The lowest BCUT2D eigenvalue weighted by atomic mass is 9.74. The lowest BCUT2D eigenvalue weighted by Crippen LogP contribution is -2.52. The van der Waals surface area contributed by atoms with E-state index >= 15 is 0 Å². The van der Waals surface area contributed by atoms with Gasteiger partial charge in [-0.05, 0) is 43.9 Å². The van der Waals surface area contributed by atoms with E-state index in [-0.39, 0.29) is 11.3 Å². The molecule has 1 atom stereocenters. The van der Waals surface area contributed by atoms with Crippen LogP contribution in [0.25, 0.3) is 0 Å². The van der Waals surface area contributed by atoms with Crippen molar-refractivity contribution >= 4 is 21.6 Å². The average Bonchev–Trinajstić information content (AvgIpc) is 2.77. The molecule has 6 nitrogen and oxygen atoms in total. The van der Waals surface area contributed by atoms with E-state index in [1.54, 1.807) is 12.1 Å². The second-order valence-electron chi connectivity index (χ2n) is 8.29. The van der Waals surface area contributed by atoms with Crippen molar-refractivity contribution in [2.24, 2.45) is 0 Å². The summed E-state index contributed by atoms with van der Waals surface area (Å²) >= 11 is 0. The fraction of sp³-hybridized carbons (Fsp3) is 0.458. The van der Waals surface area contributed by atoms with Crippen molar-refractivity contribution in [2.45, 2.75) is 44.6 Å². The van der Waals surface area contributed by atoms with Crippen LogP contribution in [0.3, 0.4) is 0 Å². The number of nitrogens with zero attached hydrogens (tertiary/aromatic N) is 1. The van der Waals surface area contributed by atoms with Crippen LogP contribution in [0, 0.1) is 6.92 Å². The summed E-state index contributed by atoms with van der Waals surface area (Å²) in [4.78, 5) is 13.3. The molecular formula is C24H32N2O4S. The Balaban J connectivity index is 1.84. The van der Waals surface area contributed by atoms with E-state index in [1.807, 2.05) is 44.2 Å². The van der Waals surface area contributed by atoms with Gasteiger partial charge in [0.1, 0.15) is 6.04 Å². The minimum absolute atomic E-state index is 0.215.